The monoisotopic (exact) mass is 422 g/mol. The third kappa shape index (κ3) is 4.90. The van der Waals surface area contributed by atoms with Crippen molar-refractivity contribution in [3.8, 4) is 5.75 Å². The highest BCUT2D eigenvalue weighted by atomic mass is 19.4. The molecule has 2 aromatic rings. The lowest BCUT2D eigenvalue weighted by molar-refractivity contribution is -0.384. The van der Waals surface area contributed by atoms with Crippen LogP contribution in [-0.4, -0.2) is 24.0 Å². The lowest BCUT2D eigenvalue weighted by Crippen LogP contribution is -2.38. The zero-order valence-corrected chi connectivity index (χ0v) is 16.5. The van der Waals surface area contributed by atoms with E-state index in [0.717, 1.165) is 23.3 Å². The molecule has 0 spiro atoms. The summed E-state index contributed by atoms with van der Waals surface area (Å²) < 4.78 is 44.1. The van der Waals surface area contributed by atoms with Gasteiger partial charge in [-0.05, 0) is 62.1 Å². The average Bonchev–Trinajstić information content (AvgIpc) is 2.66. The number of carbonyl (C=O) groups excluding carboxylic acids is 1. The Morgan fingerprint density at radius 3 is 2.23 bits per heavy atom. The van der Waals surface area contributed by atoms with Crippen molar-refractivity contribution < 1.29 is 27.6 Å². The highest BCUT2D eigenvalue weighted by Crippen LogP contribution is 2.37. The molecule has 0 amide bonds. The first kappa shape index (κ1) is 21.6. The summed E-state index contributed by atoms with van der Waals surface area (Å²) in [6, 6.07) is 8.01. The second-order valence-electron chi connectivity index (χ2n) is 7.46. The van der Waals surface area contributed by atoms with E-state index in [1.807, 2.05) is 19.9 Å². The van der Waals surface area contributed by atoms with E-state index in [2.05, 4.69) is 0 Å². The van der Waals surface area contributed by atoms with Gasteiger partial charge in [0.15, 0.2) is 0 Å². The number of nitrogens with zero attached hydrogens (tertiary/aromatic N) is 2. The van der Waals surface area contributed by atoms with E-state index in [-0.39, 0.29) is 17.6 Å². The third-order valence-corrected chi connectivity index (χ3v) is 5.08. The minimum atomic E-state index is -4.66. The summed E-state index contributed by atoms with van der Waals surface area (Å²) in [5, 5.41) is 11.3. The maximum atomic E-state index is 12.9. The van der Waals surface area contributed by atoms with E-state index in [4.69, 9.17) is 4.74 Å². The molecule has 30 heavy (non-hydrogen) atoms. The minimum Gasteiger partial charge on any atom is -0.426 e. The number of ether oxygens (including phenoxy) is 1. The number of nitro benzene ring substituents is 1. The molecule has 6 nitrogen and oxygen atoms in total. The Hall–Kier alpha value is -3.10. The molecule has 160 valence electrons. The van der Waals surface area contributed by atoms with Gasteiger partial charge in [0, 0.05) is 19.2 Å². The van der Waals surface area contributed by atoms with Gasteiger partial charge in [0.05, 0.1) is 16.4 Å². The maximum Gasteiger partial charge on any atom is 0.416 e. The molecule has 0 aromatic heterocycles. The highest BCUT2D eigenvalue weighted by Gasteiger charge is 2.35. The molecule has 1 saturated heterocycles. The van der Waals surface area contributed by atoms with Crippen LogP contribution in [-0.2, 0) is 11.0 Å². The lowest BCUT2D eigenvalue weighted by atomic mass is 9.96. The number of alkyl halides is 3. The van der Waals surface area contributed by atoms with Crippen LogP contribution in [0.2, 0.25) is 0 Å². The number of hydrogen-bond acceptors (Lipinski definition) is 5. The first-order valence-electron chi connectivity index (χ1n) is 9.45. The van der Waals surface area contributed by atoms with Crippen LogP contribution in [0.1, 0.15) is 29.5 Å². The predicted molar refractivity (Wildman–Crippen MR) is 105 cm³/mol. The van der Waals surface area contributed by atoms with Gasteiger partial charge in [-0.15, -0.1) is 0 Å². The van der Waals surface area contributed by atoms with E-state index in [1.54, 1.807) is 17.0 Å². The summed E-state index contributed by atoms with van der Waals surface area (Å²) in [5.41, 5.74) is 0.407. The van der Waals surface area contributed by atoms with Crippen LogP contribution in [0.25, 0.3) is 0 Å². The molecule has 0 N–H and O–H groups in total. The number of hydrogen-bond donors (Lipinski definition) is 0. The molecule has 1 heterocycles. The highest BCUT2D eigenvalue weighted by molar-refractivity contribution is 5.76. The quantitative estimate of drug-likeness (QED) is 0.298. The predicted octanol–water partition coefficient (Wildman–Crippen LogP) is 5.05. The Morgan fingerprint density at radius 1 is 1.10 bits per heavy atom. The van der Waals surface area contributed by atoms with Gasteiger partial charge < -0.3 is 9.64 Å². The Morgan fingerprint density at radius 2 is 1.70 bits per heavy atom. The van der Waals surface area contributed by atoms with Crippen LogP contribution in [0.15, 0.2) is 36.4 Å². The molecule has 9 heteroatoms. The molecule has 1 fully saturated rings. The molecule has 2 aromatic carbocycles. The summed E-state index contributed by atoms with van der Waals surface area (Å²) in [6.45, 7) is 4.41. The Bertz CT molecular complexity index is 947. The number of esters is 1. The van der Waals surface area contributed by atoms with Crippen molar-refractivity contribution in [2.45, 2.75) is 32.9 Å². The van der Waals surface area contributed by atoms with E-state index >= 15 is 0 Å². The number of nitro groups is 1. The van der Waals surface area contributed by atoms with Gasteiger partial charge in [0.1, 0.15) is 11.4 Å². The smallest absolute Gasteiger partial charge is 0.416 e. The number of carbonyl (C=O) groups is 1. The average molecular weight is 422 g/mol. The van der Waals surface area contributed by atoms with Crippen molar-refractivity contribution in [1.29, 1.82) is 0 Å². The van der Waals surface area contributed by atoms with Crippen LogP contribution in [0.4, 0.5) is 24.5 Å². The molecule has 0 saturated carbocycles. The Kier molecular flexibility index (Phi) is 6.00. The molecule has 0 aliphatic carbocycles. The maximum absolute atomic E-state index is 12.9. The first-order chi connectivity index (χ1) is 14.0. The number of rotatable bonds is 4. The van der Waals surface area contributed by atoms with Crippen LogP contribution < -0.4 is 9.64 Å². The van der Waals surface area contributed by atoms with Crippen LogP contribution >= 0.6 is 0 Å². The van der Waals surface area contributed by atoms with Crippen LogP contribution in [0.3, 0.4) is 0 Å². The van der Waals surface area contributed by atoms with Crippen molar-refractivity contribution in [3.05, 3.63) is 63.2 Å². The van der Waals surface area contributed by atoms with Gasteiger partial charge in [-0.25, -0.2) is 0 Å². The first-order valence-corrected chi connectivity index (χ1v) is 9.45. The minimum absolute atomic E-state index is 0.120. The normalized spacial score (nSPS) is 15.2. The van der Waals surface area contributed by atoms with Crippen LogP contribution in [0.5, 0.6) is 5.75 Å². The van der Waals surface area contributed by atoms with Crippen LogP contribution in [0, 0.1) is 29.9 Å². The molecule has 0 atom stereocenters. The largest absolute Gasteiger partial charge is 0.426 e. The van der Waals surface area contributed by atoms with Crippen molar-refractivity contribution in [1.82, 2.24) is 0 Å². The summed E-state index contributed by atoms with van der Waals surface area (Å²) in [6.07, 6.45) is -3.88. The fourth-order valence-electron chi connectivity index (χ4n) is 3.66. The van der Waals surface area contributed by atoms with Gasteiger partial charge in [-0.1, -0.05) is 6.07 Å². The van der Waals surface area contributed by atoms with Crippen molar-refractivity contribution in [2.75, 3.05) is 18.0 Å². The summed E-state index contributed by atoms with van der Waals surface area (Å²) in [5.74, 6) is -0.282. The van der Waals surface area contributed by atoms with Crippen molar-refractivity contribution >= 4 is 17.3 Å². The molecule has 0 radical (unpaired) electrons. The second kappa shape index (κ2) is 8.33. The van der Waals surface area contributed by atoms with Crippen molar-refractivity contribution in [3.63, 3.8) is 0 Å². The van der Waals surface area contributed by atoms with Gasteiger partial charge in [-0.2, -0.15) is 13.2 Å². The summed E-state index contributed by atoms with van der Waals surface area (Å²) in [7, 11) is 0. The fraction of sp³-hybridized carbons (Fsp3) is 0.381. The summed E-state index contributed by atoms with van der Waals surface area (Å²) >= 11 is 0. The molecule has 3 rings (SSSR count). The summed E-state index contributed by atoms with van der Waals surface area (Å²) in [4.78, 5) is 24.6. The van der Waals surface area contributed by atoms with E-state index in [9.17, 15) is 28.1 Å². The Labute approximate surface area is 171 Å². The third-order valence-electron chi connectivity index (χ3n) is 5.08. The molecule has 0 unspecified atom stereocenters. The molecular formula is C21H21F3N2O4. The number of piperidine rings is 1. The zero-order valence-electron chi connectivity index (χ0n) is 16.5. The van der Waals surface area contributed by atoms with Gasteiger partial charge in [-0.3, -0.25) is 14.9 Å². The Balaban J connectivity index is 1.69. The second-order valence-corrected chi connectivity index (χ2v) is 7.46. The number of benzene rings is 2. The van der Waals surface area contributed by atoms with Gasteiger partial charge in [0.2, 0.25) is 0 Å². The topological polar surface area (TPSA) is 72.7 Å². The zero-order chi connectivity index (χ0) is 22.1. The van der Waals surface area contributed by atoms with Gasteiger partial charge in [0.25, 0.3) is 5.69 Å². The number of aryl methyl sites for hydroxylation is 2. The number of halogens is 3. The lowest BCUT2D eigenvalue weighted by Gasteiger charge is -2.32. The molecule has 0 bridgehead atoms. The number of anilines is 1. The molecule has 1 aliphatic rings. The standard InChI is InChI=1S/C21H21F3N2O4/c1-13-9-14(2)11-17(10-13)30-20(27)15-5-7-25(8-6-15)18-4-3-16(21(22,23)24)12-19(18)26(28)29/h3-4,9-12,15H,5-8H2,1-2H3. The van der Waals surface area contributed by atoms with Crippen molar-refractivity contribution in [2.24, 2.45) is 5.92 Å². The van der Waals surface area contributed by atoms with E-state index in [0.29, 0.717) is 37.7 Å². The molecular weight excluding hydrogens is 401 g/mol. The SMILES string of the molecule is Cc1cc(C)cc(OC(=O)C2CCN(c3ccc(C(F)(F)F)cc3[N+](=O)[O-])CC2)c1. The van der Waals surface area contributed by atoms with E-state index in [1.165, 1.54) is 0 Å². The van der Waals surface area contributed by atoms with E-state index < -0.39 is 22.4 Å². The fourth-order valence-corrected chi connectivity index (χ4v) is 3.66. The molecule has 1 aliphatic heterocycles. The van der Waals surface area contributed by atoms with Gasteiger partial charge >= 0.3 is 12.1 Å².